The molecule has 11 heteroatoms. The van der Waals surface area contributed by atoms with E-state index in [1.807, 2.05) is 12.1 Å². The van der Waals surface area contributed by atoms with Gasteiger partial charge < -0.3 is 35.4 Å². The molecule has 2 heterocycles. The molecule has 10 nitrogen and oxygen atoms in total. The van der Waals surface area contributed by atoms with Crippen LogP contribution in [0.1, 0.15) is 19.3 Å². The number of nitrogens with zero attached hydrogens (tertiary/aromatic N) is 3. The molecule has 0 bridgehead atoms. The minimum absolute atomic E-state index is 0.00158. The third-order valence-electron chi connectivity index (χ3n) is 5.95. The number of β-amino-alcohol motifs (C(OH)–C–C–N with tert-alkyl or cyclic N) is 1. The molecule has 0 saturated carbocycles. The molecule has 1 saturated heterocycles. The van der Waals surface area contributed by atoms with E-state index in [4.69, 9.17) is 9.47 Å². The van der Waals surface area contributed by atoms with Crippen molar-refractivity contribution in [2.24, 2.45) is 0 Å². The van der Waals surface area contributed by atoms with Crippen molar-refractivity contribution < 1.29 is 23.8 Å². The highest BCUT2D eigenvalue weighted by atomic mass is 19.1. The van der Waals surface area contributed by atoms with Crippen molar-refractivity contribution in [2.75, 3.05) is 55.9 Å². The van der Waals surface area contributed by atoms with Crippen LogP contribution in [-0.4, -0.2) is 71.9 Å². The number of methoxy groups -OCH3 is 1. The Morgan fingerprint density at radius 1 is 1.13 bits per heavy atom. The van der Waals surface area contributed by atoms with Gasteiger partial charge in [-0.25, -0.2) is 9.37 Å². The lowest BCUT2D eigenvalue weighted by Crippen LogP contribution is -2.24. The highest BCUT2D eigenvalue weighted by molar-refractivity contribution is 5.91. The third-order valence-corrected chi connectivity index (χ3v) is 5.95. The van der Waals surface area contributed by atoms with Crippen LogP contribution in [0.4, 0.5) is 33.2 Å². The summed E-state index contributed by atoms with van der Waals surface area (Å²) in [6, 6.07) is 14.2. The maximum atomic E-state index is 14.5. The minimum atomic E-state index is -0.612. The Morgan fingerprint density at radius 2 is 1.95 bits per heavy atom. The SMILES string of the molecule is COCCOc1ccc(Nc2ncc(F)c(Nc3cccc(NC(=O)CCCN4CC[C@@H](O)C4)c3)n2)cc1. The minimum Gasteiger partial charge on any atom is -0.491 e. The topological polar surface area (TPSA) is 121 Å². The Kier molecular flexibility index (Phi) is 9.79. The lowest BCUT2D eigenvalue weighted by Gasteiger charge is -2.14. The van der Waals surface area contributed by atoms with Crippen LogP contribution in [-0.2, 0) is 9.53 Å². The summed E-state index contributed by atoms with van der Waals surface area (Å²) in [5.41, 5.74) is 1.87. The zero-order valence-corrected chi connectivity index (χ0v) is 21.3. The number of hydrogen-bond donors (Lipinski definition) is 4. The largest absolute Gasteiger partial charge is 0.491 e. The van der Waals surface area contributed by atoms with Crippen LogP contribution in [0.2, 0.25) is 0 Å². The first-order valence-electron chi connectivity index (χ1n) is 12.6. The van der Waals surface area contributed by atoms with E-state index in [9.17, 15) is 14.3 Å². The maximum Gasteiger partial charge on any atom is 0.229 e. The van der Waals surface area contributed by atoms with Gasteiger partial charge >= 0.3 is 0 Å². The van der Waals surface area contributed by atoms with Gasteiger partial charge in [0.25, 0.3) is 0 Å². The van der Waals surface area contributed by atoms with E-state index < -0.39 is 5.82 Å². The molecule has 2 aromatic carbocycles. The fraction of sp³-hybridized carbons (Fsp3) is 0.370. The van der Waals surface area contributed by atoms with Gasteiger partial charge in [-0.05, 0) is 61.9 Å². The van der Waals surface area contributed by atoms with Gasteiger partial charge in [-0.2, -0.15) is 4.98 Å². The molecular formula is C27H33FN6O4. The van der Waals surface area contributed by atoms with Crippen LogP contribution in [0.3, 0.4) is 0 Å². The molecular weight excluding hydrogens is 491 g/mol. The molecule has 1 aliphatic rings. The summed E-state index contributed by atoms with van der Waals surface area (Å²) in [5, 5.41) is 18.5. The summed E-state index contributed by atoms with van der Waals surface area (Å²) < 4.78 is 25.0. The van der Waals surface area contributed by atoms with Gasteiger partial charge in [0.2, 0.25) is 11.9 Å². The lowest BCUT2D eigenvalue weighted by atomic mass is 10.2. The van der Waals surface area contributed by atoms with Gasteiger partial charge in [-0.1, -0.05) is 6.07 Å². The number of carbonyl (C=O) groups excluding carboxylic acids is 1. The quantitative estimate of drug-likeness (QED) is 0.247. The first-order chi connectivity index (χ1) is 18.5. The molecule has 0 radical (unpaired) electrons. The van der Waals surface area contributed by atoms with E-state index in [1.165, 1.54) is 0 Å². The summed E-state index contributed by atoms with van der Waals surface area (Å²) in [6.45, 7) is 3.27. The average Bonchev–Trinajstić information content (AvgIpc) is 3.32. The van der Waals surface area contributed by atoms with Crippen molar-refractivity contribution in [2.45, 2.75) is 25.4 Å². The molecule has 38 heavy (non-hydrogen) atoms. The monoisotopic (exact) mass is 524 g/mol. The Bertz CT molecular complexity index is 1200. The van der Waals surface area contributed by atoms with Crippen LogP contribution < -0.4 is 20.7 Å². The third kappa shape index (κ3) is 8.37. The van der Waals surface area contributed by atoms with Crippen molar-refractivity contribution in [1.82, 2.24) is 14.9 Å². The summed E-state index contributed by atoms with van der Waals surface area (Å²) in [5.74, 6) is 0.208. The molecule has 1 aromatic heterocycles. The number of rotatable bonds is 13. The van der Waals surface area contributed by atoms with Crippen molar-refractivity contribution in [1.29, 1.82) is 0 Å². The average molecular weight is 525 g/mol. The second kappa shape index (κ2) is 13.7. The fourth-order valence-corrected chi connectivity index (χ4v) is 4.03. The number of carbonyl (C=O) groups is 1. The number of aromatic nitrogens is 2. The molecule has 4 N–H and O–H groups in total. The van der Waals surface area contributed by atoms with Gasteiger partial charge in [0.05, 0.1) is 18.9 Å². The predicted molar refractivity (Wildman–Crippen MR) is 144 cm³/mol. The molecule has 0 aliphatic carbocycles. The molecule has 4 rings (SSSR count). The highest BCUT2D eigenvalue weighted by Crippen LogP contribution is 2.24. The van der Waals surface area contributed by atoms with Crippen LogP contribution in [0.25, 0.3) is 0 Å². The van der Waals surface area contributed by atoms with Crippen molar-refractivity contribution in [3.8, 4) is 5.75 Å². The van der Waals surface area contributed by atoms with Crippen LogP contribution in [0, 0.1) is 5.82 Å². The summed E-state index contributed by atoms with van der Waals surface area (Å²) >= 11 is 0. The molecule has 3 aromatic rings. The normalized spacial score (nSPS) is 15.3. The number of amides is 1. The van der Waals surface area contributed by atoms with Gasteiger partial charge in [-0.3, -0.25) is 4.79 Å². The number of anilines is 5. The number of ether oxygens (including phenoxy) is 2. The second-order valence-corrected chi connectivity index (χ2v) is 8.98. The Morgan fingerprint density at radius 3 is 2.71 bits per heavy atom. The van der Waals surface area contributed by atoms with Gasteiger partial charge in [-0.15, -0.1) is 0 Å². The summed E-state index contributed by atoms with van der Waals surface area (Å²) in [4.78, 5) is 22.8. The van der Waals surface area contributed by atoms with Gasteiger partial charge in [0, 0.05) is 43.7 Å². The van der Waals surface area contributed by atoms with E-state index in [0.717, 1.165) is 25.7 Å². The van der Waals surface area contributed by atoms with Gasteiger partial charge in [0.15, 0.2) is 11.6 Å². The number of benzene rings is 2. The highest BCUT2D eigenvalue weighted by Gasteiger charge is 2.19. The standard InChI is InChI=1S/C27H33FN6O4/c1-37-14-15-38-23-9-7-19(8-10-23)32-27-29-17-24(28)26(33-27)31-21-5-2-4-20(16-21)30-25(36)6-3-12-34-13-11-22(35)18-34/h2,4-5,7-10,16-17,22,35H,3,6,11-15,18H2,1H3,(H,30,36)(H2,29,31,32,33)/t22-/m1/s1. The predicted octanol–water partition coefficient (Wildman–Crippen LogP) is 3.91. The van der Waals surface area contributed by atoms with E-state index in [0.29, 0.717) is 55.4 Å². The smallest absolute Gasteiger partial charge is 0.229 e. The Hall–Kier alpha value is -3.80. The number of nitrogens with one attached hydrogen (secondary N) is 3. The number of aliphatic hydroxyl groups excluding tert-OH is 1. The van der Waals surface area contributed by atoms with Gasteiger partial charge in [0.1, 0.15) is 12.4 Å². The summed E-state index contributed by atoms with van der Waals surface area (Å²) in [7, 11) is 1.61. The Balaban J connectivity index is 1.30. The molecule has 1 fully saturated rings. The maximum absolute atomic E-state index is 14.5. The molecule has 0 spiro atoms. The second-order valence-electron chi connectivity index (χ2n) is 8.98. The van der Waals surface area contributed by atoms with E-state index in [1.54, 1.807) is 43.5 Å². The van der Waals surface area contributed by atoms with Crippen molar-refractivity contribution >= 4 is 34.7 Å². The van der Waals surface area contributed by atoms with E-state index >= 15 is 0 Å². The van der Waals surface area contributed by atoms with Crippen LogP contribution in [0.5, 0.6) is 5.75 Å². The van der Waals surface area contributed by atoms with Crippen LogP contribution >= 0.6 is 0 Å². The van der Waals surface area contributed by atoms with Crippen molar-refractivity contribution in [3.05, 3.63) is 60.5 Å². The molecule has 0 unspecified atom stereocenters. The first-order valence-corrected chi connectivity index (χ1v) is 12.6. The lowest BCUT2D eigenvalue weighted by molar-refractivity contribution is -0.116. The Labute approximate surface area is 221 Å². The molecule has 1 amide bonds. The number of halogens is 1. The number of hydrogen-bond acceptors (Lipinski definition) is 9. The zero-order valence-electron chi connectivity index (χ0n) is 21.3. The number of likely N-dealkylation sites (tertiary alicyclic amines) is 1. The first kappa shape index (κ1) is 27.2. The zero-order chi connectivity index (χ0) is 26.7. The van der Waals surface area contributed by atoms with Crippen LogP contribution in [0.15, 0.2) is 54.7 Å². The molecule has 1 aliphatic heterocycles. The van der Waals surface area contributed by atoms with Crippen molar-refractivity contribution in [3.63, 3.8) is 0 Å². The van der Waals surface area contributed by atoms with E-state index in [-0.39, 0.29) is 23.8 Å². The number of aliphatic hydroxyl groups is 1. The fourth-order valence-electron chi connectivity index (χ4n) is 4.03. The van der Waals surface area contributed by atoms with E-state index in [2.05, 4.69) is 30.8 Å². The molecule has 202 valence electrons. The molecule has 1 atom stereocenters. The summed E-state index contributed by atoms with van der Waals surface area (Å²) in [6.07, 6.45) is 2.70.